The van der Waals surface area contributed by atoms with Gasteiger partial charge in [0.1, 0.15) is 0 Å². The Labute approximate surface area is 95.4 Å². The lowest BCUT2D eigenvalue weighted by atomic mass is 9.83. The molecule has 0 aromatic carbocycles. The summed E-state index contributed by atoms with van der Waals surface area (Å²) in [7, 11) is 0. The smallest absolute Gasteiger partial charge is 0.0107 e. The van der Waals surface area contributed by atoms with E-state index in [0.717, 1.165) is 0 Å². The van der Waals surface area contributed by atoms with Gasteiger partial charge in [0, 0.05) is 26.2 Å². The molecule has 1 rings (SSSR count). The molecule has 1 aliphatic rings. The molecule has 1 aliphatic heterocycles. The Morgan fingerprint density at radius 2 is 1.80 bits per heavy atom. The maximum atomic E-state index is 3.40. The lowest BCUT2D eigenvalue weighted by molar-refractivity contribution is 0.213. The van der Waals surface area contributed by atoms with Gasteiger partial charge in [0.25, 0.3) is 0 Å². The summed E-state index contributed by atoms with van der Waals surface area (Å²) in [5.41, 5.74) is 0.558. The Morgan fingerprint density at radius 1 is 1.13 bits per heavy atom. The fraction of sp³-hybridized carbons (Fsp3) is 1.00. The van der Waals surface area contributed by atoms with Gasteiger partial charge in [0.05, 0.1) is 0 Å². The van der Waals surface area contributed by atoms with Gasteiger partial charge in [-0.25, -0.2) is 0 Å². The van der Waals surface area contributed by atoms with Crippen LogP contribution in [0.5, 0.6) is 0 Å². The molecule has 0 atom stereocenters. The van der Waals surface area contributed by atoms with Crippen LogP contribution < -0.4 is 5.32 Å². The van der Waals surface area contributed by atoms with Gasteiger partial charge in [0.15, 0.2) is 0 Å². The minimum Gasteiger partial charge on any atom is -0.314 e. The van der Waals surface area contributed by atoms with Crippen molar-refractivity contribution in [1.29, 1.82) is 0 Å². The van der Waals surface area contributed by atoms with Crippen molar-refractivity contribution in [2.75, 3.05) is 32.7 Å². The van der Waals surface area contributed by atoms with Crippen molar-refractivity contribution < 1.29 is 0 Å². The van der Waals surface area contributed by atoms with E-state index >= 15 is 0 Å². The van der Waals surface area contributed by atoms with Crippen LogP contribution in [0.3, 0.4) is 0 Å². The molecule has 0 unspecified atom stereocenters. The van der Waals surface area contributed by atoms with E-state index in [0.29, 0.717) is 5.41 Å². The van der Waals surface area contributed by atoms with Gasteiger partial charge in [0.2, 0.25) is 0 Å². The summed E-state index contributed by atoms with van der Waals surface area (Å²) in [6.45, 7) is 13.3. The molecular formula is C13H28N2. The first-order valence-corrected chi connectivity index (χ1v) is 6.57. The van der Waals surface area contributed by atoms with Crippen LogP contribution in [-0.4, -0.2) is 37.6 Å². The number of nitrogens with one attached hydrogen (secondary N) is 1. The third kappa shape index (κ3) is 5.53. The lowest BCUT2D eigenvalue weighted by Crippen LogP contribution is -2.43. The zero-order valence-electron chi connectivity index (χ0n) is 10.8. The molecule has 0 aromatic heterocycles. The summed E-state index contributed by atoms with van der Waals surface area (Å²) in [5, 5.41) is 3.40. The molecule has 0 aliphatic carbocycles. The van der Waals surface area contributed by atoms with Crippen LogP contribution in [0.15, 0.2) is 0 Å². The second-order valence-corrected chi connectivity index (χ2v) is 5.61. The van der Waals surface area contributed by atoms with Gasteiger partial charge >= 0.3 is 0 Å². The van der Waals surface area contributed by atoms with Crippen LogP contribution >= 0.6 is 0 Å². The van der Waals surface area contributed by atoms with Gasteiger partial charge in [-0.05, 0) is 31.2 Å². The van der Waals surface area contributed by atoms with Crippen LogP contribution in [-0.2, 0) is 0 Å². The lowest BCUT2D eigenvalue weighted by Gasteiger charge is -2.29. The molecule has 2 nitrogen and oxygen atoms in total. The molecule has 0 amide bonds. The van der Waals surface area contributed by atoms with Gasteiger partial charge < -0.3 is 10.2 Å². The van der Waals surface area contributed by atoms with Crippen molar-refractivity contribution in [2.24, 2.45) is 5.41 Å². The summed E-state index contributed by atoms with van der Waals surface area (Å²) in [5.74, 6) is 0. The highest BCUT2D eigenvalue weighted by Crippen LogP contribution is 2.27. The highest BCUT2D eigenvalue weighted by Gasteiger charge is 2.17. The quantitative estimate of drug-likeness (QED) is 0.728. The normalized spacial score (nSPS) is 19.4. The standard InChI is InChI=1S/C13H28N2/c1-4-6-13(2,3)7-5-10-15-11-8-14-9-12-15/h14H,4-12H2,1-3H3. The predicted octanol–water partition coefficient (Wildman–Crippen LogP) is 2.50. The third-order valence-corrected chi connectivity index (χ3v) is 3.46. The van der Waals surface area contributed by atoms with Crippen LogP contribution in [0.4, 0.5) is 0 Å². The molecule has 1 fully saturated rings. The monoisotopic (exact) mass is 212 g/mol. The Bertz CT molecular complexity index is 160. The summed E-state index contributed by atoms with van der Waals surface area (Å²) < 4.78 is 0. The molecule has 0 bridgehead atoms. The van der Waals surface area contributed by atoms with E-state index in [9.17, 15) is 0 Å². The highest BCUT2D eigenvalue weighted by atomic mass is 15.2. The van der Waals surface area contributed by atoms with E-state index in [2.05, 4.69) is 31.0 Å². The molecule has 0 saturated carbocycles. The molecule has 0 aromatic rings. The Kier molecular flexibility index (Phi) is 5.62. The minimum absolute atomic E-state index is 0.558. The van der Waals surface area contributed by atoms with Crippen LogP contribution in [0.1, 0.15) is 46.5 Å². The Balaban J connectivity index is 2.09. The van der Waals surface area contributed by atoms with Crippen molar-refractivity contribution in [1.82, 2.24) is 10.2 Å². The molecule has 1 saturated heterocycles. The molecule has 15 heavy (non-hydrogen) atoms. The SMILES string of the molecule is CCCC(C)(C)CCCN1CCNCC1. The van der Waals surface area contributed by atoms with E-state index in [-0.39, 0.29) is 0 Å². The maximum absolute atomic E-state index is 3.40. The van der Waals surface area contributed by atoms with Gasteiger partial charge in [-0.3, -0.25) is 0 Å². The second kappa shape index (κ2) is 6.49. The fourth-order valence-corrected chi connectivity index (χ4v) is 2.52. The molecule has 1 N–H and O–H groups in total. The molecule has 0 radical (unpaired) electrons. The topological polar surface area (TPSA) is 15.3 Å². The van der Waals surface area contributed by atoms with Crippen molar-refractivity contribution in [3.8, 4) is 0 Å². The zero-order chi connectivity index (χ0) is 11.1. The number of hydrogen-bond acceptors (Lipinski definition) is 2. The van der Waals surface area contributed by atoms with E-state index in [1.54, 1.807) is 0 Å². The molecule has 1 heterocycles. The van der Waals surface area contributed by atoms with E-state index in [1.807, 2.05) is 0 Å². The first-order valence-electron chi connectivity index (χ1n) is 6.57. The summed E-state index contributed by atoms with van der Waals surface area (Å²) in [4.78, 5) is 2.60. The fourth-order valence-electron chi connectivity index (χ4n) is 2.52. The average Bonchev–Trinajstić information content (AvgIpc) is 2.19. The maximum Gasteiger partial charge on any atom is 0.0107 e. The van der Waals surface area contributed by atoms with E-state index in [4.69, 9.17) is 0 Å². The van der Waals surface area contributed by atoms with Crippen molar-refractivity contribution >= 4 is 0 Å². The van der Waals surface area contributed by atoms with Crippen LogP contribution in [0.25, 0.3) is 0 Å². The third-order valence-electron chi connectivity index (χ3n) is 3.46. The molecule has 90 valence electrons. The summed E-state index contributed by atoms with van der Waals surface area (Å²) in [6, 6.07) is 0. The number of nitrogens with zero attached hydrogens (tertiary/aromatic N) is 1. The van der Waals surface area contributed by atoms with Crippen LogP contribution in [0.2, 0.25) is 0 Å². The minimum atomic E-state index is 0.558. The Hall–Kier alpha value is -0.0800. The summed E-state index contributed by atoms with van der Waals surface area (Å²) >= 11 is 0. The number of hydrogen-bond donors (Lipinski definition) is 1. The second-order valence-electron chi connectivity index (χ2n) is 5.61. The average molecular weight is 212 g/mol. The van der Waals surface area contributed by atoms with E-state index in [1.165, 1.54) is 58.4 Å². The number of piperazine rings is 1. The van der Waals surface area contributed by atoms with Crippen LogP contribution in [0, 0.1) is 5.41 Å². The summed E-state index contributed by atoms with van der Waals surface area (Å²) in [6.07, 6.45) is 5.44. The zero-order valence-corrected chi connectivity index (χ0v) is 10.8. The van der Waals surface area contributed by atoms with Gasteiger partial charge in [-0.2, -0.15) is 0 Å². The molecule has 0 spiro atoms. The van der Waals surface area contributed by atoms with Gasteiger partial charge in [-0.1, -0.05) is 27.2 Å². The largest absolute Gasteiger partial charge is 0.314 e. The highest BCUT2D eigenvalue weighted by molar-refractivity contribution is 4.71. The first-order chi connectivity index (χ1) is 7.14. The van der Waals surface area contributed by atoms with E-state index < -0.39 is 0 Å². The predicted molar refractivity (Wildman–Crippen MR) is 67.2 cm³/mol. The molecular weight excluding hydrogens is 184 g/mol. The Morgan fingerprint density at radius 3 is 2.40 bits per heavy atom. The van der Waals surface area contributed by atoms with Crippen molar-refractivity contribution in [3.63, 3.8) is 0 Å². The number of rotatable bonds is 6. The van der Waals surface area contributed by atoms with Crippen molar-refractivity contribution in [2.45, 2.75) is 46.5 Å². The van der Waals surface area contributed by atoms with Gasteiger partial charge in [-0.15, -0.1) is 0 Å². The molecule has 2 heteroatoms. The van der Waals surface area contributed by atoms with Crippen molar-refractivity contribution in [3.05, 3.63) is 0 Å². The first kappa shape index (κ1) is 13.0.